The van der Waals surface area contributed by atoms with Crippen LogP contribution in [0.4, 0.5) is 21.0 Å². The average Bonchev–Trinajstić information content (AvgIpc) is 3.15. The molecule has 3 aromatic rings. The summed E-state index contributed by atoms with van der Waals surface area (Å²) in [5.41, 5.74) is 1.82. The van der Waals surface area contributed by atoms with Crippen molar-refractivity contribution in [3.05, 3.63) is 34.9 Å². The Balaban J connectivity index is 1.26. The molecule has 3 heterocycles. The van der Waals surface area contributed by atoms with E-state index < -0.39 is 18.4 Å². The number of H-pyrrole nitrogens is 1. The number of rotatable bonds is 7. The molecule has 3 atom stereocenters. The smallest absolute Gasteiger partial charge is 0.407 e. The number of fused-ring (bicyclic) bond motifs is 1. The molecule has 0 saturated heterocycles. The van der Waals surface area contributed by atoms with Gasteiger partial charge < -0.3 is 20.1 Å². The molecule has 3 N–H and O–H groups in total. The van der Waals surface area contributed by atoms with Crippen LogP contribution in [0.3, 0.4) is 0 Å². The van der Waals surface area contributed by atoms with Crippen molar-refractivity contribution in [2.24, 2.45) is 0 Å². The van der Waals surface area contributed by atoms with Gasteiger partial charge in [-0.3, -0.25) is 9.50 Å². The lowest BCUT2D eigenvalue weighted by Gasteiger charge is -2.17. The molecule has 0 aromatic carbocycles. The number of alkyl carbamates (subject to hydrolysis) is 1. The van der Waals surface area contributed by atoms with Crippen LogP contribution < -0.4 is 10.6 Å². The van der Waals surface area contributed by atoms with E-state index in [0.717, 1.165) is 18.5 Å². The summed E-state index contributed by atoms with van der Waals surface area (Å²) in [6.45, 7) is 2.29. The summed E-state index contributed by atoms with van der Waals surface area (Å²) in [6.07, 6.45) is 3.21. The van der Waals surface area contributed by atoms with Crippen molar-refractivity contribution in [1.82, 2.24) is 29.9 Å². The van der Waals surface area contributed by atoms with E-state index in [9.17, 15) is 9.18 Å². The molecule has 2 fully saturated rings. The number of imidazole rings is 1. The molecule has 2 saturated carbocycles. The summed E-state index contributed by atoms with van der Waals surface area (Å²) in [4.78, 5) is 20.8. The van der Waals surface area contributed by atoms with Crippen LogP contribution in [0.15, 0.2) is 18.5 Å². The number of carbonyl (C=O) groups excluding carboxylic acids is 1. The molecule has 3 aromatic heterocycles. The molecule has 0 radical (unpaired) electrons. The summed E-state index contributed by atoms with van der Waals surface area (Å²) in [7, 11) is 1.59. The molecule has 33 heavy (non-hydrogen) atoms. The number of nitrogens with one attached hydrogen (secondary N) is 3. The number of methoxy groups -OCH3 is 1. The van der Waals surface area contributed by atoms with Crippen LogP contribution >= 0.6 is 11.6 Å². The number of hydrogen-bond donors (Lipinski definition) is 3. The first kappa shape index (κ1) is 21.9. The lowest BCUT2D eigenvalue weighted by atomic mass is 10.0. The molecule has 0 unspecified atom stereocenters. The zero-order chi connectivity index (χ0) is 23.2. The van der Waals surface area contributed by atoms with Gasteiger partial charge >= 0.3 is 6.09 Å². The summed E-state index contributed by atoms with van der Waals surface area (Å²) in [5, 5.41) is 13.6. The van der Waals surface area contributed by atoms with Crippen molar-refractivity contribution in [3.63, 3.8) is 0 Å². The van der Waals surface area contributed by atoms with E-state index in [4.69, 9.17) is 21.1 Å². The number of anilines is 2. The van der Waals surface area contributed by atoms with Crippen LogP contribution in [0.2, 0.25) is 5.02 Å². The van der Waals surface area contributed by atoms with Crippen LogP contribution in [0.25, 0.3) is 5.65 Å². The number of hydrogen-bond acceptors (Lipinski definition) is 7. The highest BCUT2D eigenvalue weighted by molar-refractivity contribution is 6.33. The summed E-state index contributed by atoms with van der Waals surface area (Å²) >= 11 is 6.23. The number of nitrogens with zero attached hydrogens (tertiary/aromatic N) is 4. The third kappa shape index (κ3) is 4.60. The number of ether oxygens (including phenoxy) is 2. The number of carbonyl (C=O) groups is 1. The summed E-state index contributed by atoms with van der Waals surface area (Å²) < 4.78 is 26.8. The predicted octanol–water partition coefficient (Wildman–Crippen LogP) is 3.86. The van der Waals surface area contributed by atoms with Gasteiger partial charge in [-0.1, -0.05) is 11.6 Å². The molecular weight excluding hydrogens is 453 g/mol. The molecule has 0 bridgehead atoms. The van der Waals surface area contributed by atoms with Gasteiger partial charge in [-0.15, -0.1) is 0 Å². The van der Waals surface area contributed by atoms with E-state index in [-0.39, 0.29) is 17.9 Å². The van der Waals surface area contributed by atoms with Crippen molar-refractivity contribution in [2.45, 2.75) is 62.9 Å². The Bertz CT molecular complexity index is 1180. The Morgan fingerprint density at radius 3 is 3.00 bits per heavy atom. The zero-order valence-electron chi connectivity index (χ0n) is 18.3. The van der Waals surface area contributed by atoms with Crippen molar-refractivity contribution >= 4 is 35.1 Å². The second-order valence-corrected chi connectivity index (χ2v) is 9.34. The zero-order valence-corrected chi connectivity index (χ0v) is 19.0. The van der Waals surface area contributed by atoms with Crippen LogP contribution in [0.5, 0.6) is 0 Å². The molecule has 2 aliphatic rings. The van der Waals surface area contributed by atoms with E-state index in [2.05, 4.69) is 30.8 Å². The molecule has 2 aliphatic carbocycles. The number of aromatic nitrogens is 5. The number of halogens is 2. The Labute approximate surface area is 194 Å². The molecule has 12 heteroatoms. The highest BCUT2D eigenvalue weighted by atomic mass is 35.5. The fourth-order valence-corrected chi connectivity index (χ4v) is 4.26. The van der Waals surface area contributed by atoms with Crippen LogP contribution in [0.1, 0.15) is 49.9 Å². The van der Waals surface area contributed by atoms with Gasteiger partial charge in [-0.05, 0) is 32.6 Å². The first-order valence-corrected chi connectivity index (χ1v) is 11.2. The third-order valence-electron chi connectivity index (χ3n) is 6.16. The van der Waals surface area contributed by atoms with Gasteiger partial charge in [0.05, 0.1) is 18.5 Å². The van der Waals surface area contributed by atoms with E-state index in [1.165, 1.54) is 6.20 Å². The van der Waals surface area contributed by atoms with Gasteiger partial charge in [0, 0.05) is 36.5 Å². The van der Waals surface area contributed by atoms with Crippen molar-refractivity contribution in [1.29, 1.82) is 0 Å². The first-order chi connectivity index (χ1) is 15.8. The molecule has 0 spiro atoms. The minimum Gasteiger partial charge on any atom is -0.443 e. The van der Waals surface area contributed by atoms with Gasteiger partial charge in [0.15, 0.2) is 11.5 Å². The minimum atomic E-state index is -1.23. The van der Waals surface area contributed by atoms with E-state index >= 15 is 0 Å². The standard InChI is InChI=1S/C21H25ClFN7O3/c1-21(3-4-21)27-20(31)33-16-6-11(5-14(16)23)15-7-17(29-28-15)26-19-24-8-13(22)18-25-12(10-32-2)9-30(18)19/h7-9,11,14,16H,3-6,10H2,1-2H3,(H,27,31)(H2,24,26,28,29)/t11-,14+,16-/m0/s1. The maximum absolute atomic E-state index is 14.6. The molecule has 1 amide bonds. The maximum atomic E-state index is 14.6. The molecule has 10 nitrogen and oxygen atoms in total. The number of amides is 1. The van der Waals surface area contributed by atoms with Crippen LogP contribution in [0, 0.1) is 0 Å². The lowest BCUT2D eigenvalue weighted by molar-refractivity contribution is 0.0583. The largest absolute Gasteiger partial charge is 0.443 e. The SMILES string of the molecule is COCc1cn2c(Nc3cc([C@H]4C[C@@H](F)[C@@H](OC(=O)NC5(C)CC5)C4)[nH]n3)ncc(Cl)c2n1. The second kappa shape index (κ2) is 8.45. The third-order valence-corrected chi connectivity index (χ3v) is 6.43. The summed E-state index contributed by atoms with van der Waals surface area (Å²) in [6, 6.07) is 1.81. The Hall–Kier alpha value is -2.92. The average molecular weight is 478 g/mol. The number of alkyl halides is 1. The second-order valence-electron chi connectivity index (χ2n) is 8.94. The quantitative estimate of drug-likeness (QED) is 0.472. The highest BCUT2D eigenvalue weighted by Gasteiger charge is 2.42. The molecule has 0 aliphatic heterocycles. The van der Waals surface area contributed by atoms with Crippen molar-refractivity contribution in [2.75, 3.05) is 12.4 Å². The van der Waals surface area contributed by atoms with Gasteiger partial charge in [0.1, 0.15) is 17.3 Å². The predicted molar refractivity (Wildman–Crippen MR) is 118 cm³/mol. The van der Waals surface area contributed by atoms with Gasteiger partial charge in [0.2, 0.25) is 5.95 Å². The van der Waals surface area contributed by atoms with E-state index in [1.807, 2.05) is 6.92 Å². The van der Waals surface area contributed by atoms with Crippen LogP contribution in [-0.4, -0.2) is 55.6 Å². The van der Waals surface area contributed by atoms with Crippen molar-refractivity contribution in [3.8, 4) is 0 Å². The molecule has 176 valence electrons. The fraction of sp³-hybridized carbons (Fsp3) is 0.524. The Morgan fingerprint density at radius 2 is 2.24 bits per heavy atom. The Kier molecular flexibility index (Phi) is 5.61. The lowest BCUT2D eigenvalue weighted by Crippen LogP contribution is -2.38. The van der Waals surface area contributed by atoms with E-state index in [0.29, 0.717) is 41.2 Å². The highest BCUT2D eigenvalue weighted by Crippen LogP contribution is 2.39. The van der Waals surface area contributed by atoms with Crippen molar-refractivity contribution < 1.29 is 18.7 Å². The van der Waals surface area contributed by atoms with E-state index in [1.54, 1.807) is 23.8 Å². The topological polar surface area (TPSA) is 118 Å². The Morgan fingerprint density at radius 1 is 1.42 bits per heavy atom. The maximum Gasteiger partial charge on any atom is 0.407 e. The molecule has 5 rings (SSSR count). The monoisotopic (exact) mass is 477 g/mol. The summed E-state index contributed by atoms with van der Waals surface area (Å²) in [5.74, 6) is 0.850. The van der Waals surface area contributed by atoms with Gasteiger partial charge in [-0.25, -0.2) is 19.2 Å². The fourth-order valence-electron chi connectivity index (χ4n) is 4.08. The minimum absolute atomic E-state index is 0.142. The van der Waals surface area contributed by atoms with Crippen LogP contribution in [-0.2, 0) is 16.1 Å². The van der Waals surface area contributed by atoms with Gasteiger partial charge in [-0.2, -0.15) is 5.10 Å². The molecular formula is C21H25ClFN7O3. The number of aromatic amines is 1. The normalized spacial score (nSPS) is 23.6. The first-order valence-electron chi connectivity index (χ1n) is 10.8. The van der Waals surface area contributed by atoms with Gasteiger partial charge in [0.25, 0.3) is 0 Å².